The highest BCUT2D eigenvalue weighted by molar-refractivity contribution is 5.77. The molecule has 0 aliphatic carbocycles. The Hall–Kier alpha value is -0.690. The monoisotopic (exact) mass is 380 g/mol. The van der Waals surface area contributed by atoms with Gasteiger partial charge in [0.05, 0.1) is 11.7 Å². The Morgan fingerprint density at radius 3 is 2.07 bits per heavy atom. The maximum absolute atomic E-state index is 11.7. The number of nitrogens with zero attached hydrogens (tertiary/aromatic N) is 3. The number of nitrogens with one attached hydrogen (secondary N) is 1. The molecule has 0 aromatic carbocycles. The molecule has 0 bridgehead atoms. The van der Waals surface area contributed by atoms with Crippen LogP contribution in [0.3, 0.4) is 0 Å². The van der Waals surface area contributed by atoms with Gasteiger partial charge in [0.15, 0.2) is 0 Å². The van der Waals surface area contributed by atoms with Crippen molar-refractivity contribution in [2.45, 2.75) is 64.7 Å². The molecular formula is C21H40N4O2. The van der Waals surface area contributed by atoms with E-state index in [1.54, 1.807) is 0 Å². The Kier molecular flexibility index (Phi) is 7.17. The lowest BCUT2D eigenvalue weighted by Gasteiger charge is -2.52. The number of piperidine rings is 1. The molecule has 0 aromatic rings. The van der Waals surface area contributed by atoms with Crippen molar-refractivity contribution in [3.63, 3.8) is 0 Å². The maximum atomic E-state index is 11.7. The lowest BCUT2D eigenvalue weighted by molar-refractivity contribution is -0.223. The van der Waals surface area contributed by atoms with Crippen molar-refractivity contribution < 1.29 is 9.53 Å². The van der Waals surface area contributed by atoms with Crippen molar-refractivity contribution in [1.29, 1.82) is 0 Å². The molecule has 27 heavy (non-hydrogen) atoms. The minimum absolute atomic E-state index is 0.0515. The Bertz CT molecular complexity index is 473. The number of hydrogen-bond acceptors (Lipinski definition) is 5. The summed E-state index contributed by atoms with van der Waals surface area (Å²) in [6.45, 7) is 18.7. The quantitative estimate of drug-likeness (QED) is 0.724. The Morgan fingerprint density at radius 1 is 1.00 bits per heavy atom. The van der Waals surface area contributed by atoms with Gasteiger partial charge in [-0.2, -0.15) is 0 Å². The standard InChI is InChI=1S/C21H40N4O2/c1-17(2)20(26)22-16-19-15-21(27-19)5-7-23(8-6-21)9-10-24-11-13-25(14-12-24)18(3)4/h17-19H,5-16H2,1-4H3,(H,22,26). The van der Waals surface area contributed by atoms with Crippen LogP contribution in [0, 0.1) is 5.92 Å². The van der Waals surface area contributed by atoms with Gasteiger partial charge in [-0.05, 0) is 26.7 Å². The molecule has 0 aromatic heterocycles. The smallest absolute Gasteiger partial charge is 0.222 e. The van der Waals surface area contributed by atoms with Gasteiger partial charge in [-0.3, -0.25) is 14.6 Å². The van der Waals surface area contributed by atoms with Crippen molar-refractivity contribution >= 4 is 5.91 Å². The van der Waals surface area contributed by atoms with E-state index in [0.29, 0.717) is 12.6 Å². The van der Waals surface area contributed by atoms with E-state index in [0.717, 1.165) is 32.4 Å². The highest BCUT2D eigenvalue weighted by Gasteiger charge is 2.47. The molecular weight excluding hydrogens is 340 g/mol. The van der Waals surface area contributed by atoms with Crippen LogP contribution in [0.5, 0.6) is 0 Å². The molecule has 3 fully saturated rings. The highest BCUT2D eigenvalue weighted by Crippen LogP contribution is 2.41. The number of amides is 1. The first-order valence-corrected chi connectivity index (χ1v) is 11.0. The normalized spacial score (nSPS) is 27.3. The van der Waals surface area contributed by atoms with E-state index >= 15 is 0 Å². The van der Waals surface area contributed by atoms with E-state index in [2.05, 4.69) is 33.9 Å². The van der Waals surface area contributed by atoms with Gasteiger partial charge in [0.1, 0.15) is 0 Å². The average Bonchev–Trinajstić information content (AvgIpc) is 2.63. The maximum Gasteiger partial charge on any atom is 0.222 e. The Balaban J connectivity index is 1.28. The molecule has 1 amide bonds. The summed E-state index contributed by atoms with van der Waals surface area (Å²) in [6, 6.07) is 0.676. The van der Waals surface area contributed by atoms with Crippen LogP contribution in [0.25, 0.3) is 0 Å². The lowest BCUT2D eigenvalue weighted by Crippen LogP contribution is -2.59. The number of likely N-dealkylation sites (tertiary alicyclic amines) is 1. The largest absolute Gasteiger partial charge is 0.370 e. The van der Waals surface area contributed by atoms with E-state index in [1.807, 2.05) is 13.8 Å². The number of carbonyl (C=O) groups is 1. The zero-order chi connectivity index (χ0) is 19.4. The number of ether oxygens (including phenoxy) is 1. The zero-order valence-electron chi connectivity index (χ0n) is 17.9. The molecule has 1 unspecified atom stereocenters. The third-order valence-corrected chi connectivity index (χ3v) is 6.68. The molecule has 0 radical (unpaired) electrons. The van der Waals surface area contributed by atoms with Gasteiger partial charge in [-0.1, -0.05) is 13.8 Å². The number of rotatable bonds is 7. The van der Waals surface area contributed by atoms with E-state index in [9.17, 15) is 4.79 Å². The summed E-state index contributed by atoms with van der Waals surface area (Å²) in [7, 11) is 0. The van der Waals surface area contributed by atoms with Gasteiger partial charge in [0, 0.05) is 77.3 Å². The van der Waals surface area contributed by atoms with Gasteiger partial charge in [0.2, 0.25) is 5.91 Å². The Labute approximate surface area is 165 Å². The number of piperazine rings is 1. The van der Waals surface area contributed by atoms with Gasteiger partial charge in [0.25, 0.3) is 0 Å². The van der Waals surface area contributed by atoms with E-state index in [4.69, 9.17) is 4.74 Å². The highest BCUT2D eigenvalue weighted by atomic mass is 16.5. The average molecular weight is 381 g/mol. The molecule has 3 saturated heterocycles. The first-order valence-electron chi connectivity index (χ1n) is 11.0. The van der Waals surface area contributed by atoms with Crippen LogP contribution in [-0.2, 0) is 9.53 Å². The molecule has 3 aliphatic rings. The second kappa shape index (κ2) is 9.21. The fraction of sp³-hybridized carbons (Fsp3) is 0.952. The van der Waals surface area contributed by atoms with Crippen molar-refractivity contribution in [2.75, 3.05) is 58.9 Å². The van der Waals surface area contributed by atoms with Gasteiger partial charge in [-0.25, -0.2) is 0 Å². The van der Waals surface area contributed by atoms with Crippen LogP contribution in [0.1, 0.15) is 47.0 Å². The van der Waals surface area contributed by atoms with Gasteiger partial charge >= 0.3 is 0 Å². The van der Waals surface area contributed by atoms with Gasteiger partial charge < -0.3 is 15.0 Å². The van der Waals surface area contributed by atoms with Crippen LogP contribution >= 0.6 is 0 Å². The predicted molar refractivity (Wildman–Crippen MR) is 109 cm³/mol. The summed E-state index contributed by atoms with van der Waals surface area (Å²) in [5.74, 6) is 0.180. The number of carbonyl (C=O) groups excluding carboxylic acids is 1. The van der Waals surface area contributed by atoms with E-state index in [-0.39, 0.29) is 23.5 Å². The topological polar surface area (TPSA) is 48.1 Å². The zero-order valence-corrected chi connectivity index (χ0v) is 17.9. The van der Waals surface area contributed by atoms with Crippen LogP contribution in [0.4, 0.5) is 0 Å². The minimum Gasteiger partial charge on any atom is -0.370 e. The molecule has 6 heteroatoms. The predicted octanol–water partition coefficient (Wildman–Crippen LogP) is 1.41. The summed E-state index contributed by atoms with van der Waals surface area (Å²) >= 11 is 0. The van der Waals surface area contributed by atoms with Crippen molar-refractivity contribution in [3.05, 3.63) is 0 Å². The first kappa shape index (κ1) is 21.0. The van der Waals surface area contributed by atoms with Gasteiger partial charge in [-0.15, -0.1) is 0 Å². The molecule has 3 aliphatic heterocycles. The van der Waals surface area contributed by atoms with Crippen LogP contribution < -0.4 is 5.32 Å². The second-order valence-electron chi connectivity index (χ2n) is 9.34. The molecule has 3 heterocycles. The van der Waals surface area contributed by atoms with Crippen LogP contribution in [-0.4, -0.2) is 97.3 Å². The van der Waals surface area contributed by atoms with Crippen molar-refractivity contribution in [3.8, 4) is 0 Å². The second-order valence-corrected chi connectivity index (χ2v) is 9.34. The Morgan fingerprint density at radius 2 is 1.56 bits per heavy atom. The molecule has 0 saturated carbocycles. The third kappa shape index (κ3) is 5.66. The fourth-order valence-electron chi connectivity index (χ4n) is 4.58. The van der Waals surface area contributed by atoms with Crippen molar-refractivity contribution in [2.24, 2.45) is 5.92 Å². The SMILES string of the molecule is CC(C)C(=O)NCC1CC2(CCN(CCN3CCN(C(C)C)CC3)CC2)O1. The first-order chi connectivity index (χ1) is 12.9. The van der Waals surface area contributed by atoms with Crippen molar-refractivity contribution in [1.82, 2.24) is 20.0 Å². The molecule has 3 rings (SSSR count). The third-order valence-electron chi connectivity index (χ3n) is 6.68. The molecule has 1 atom stereocenters. The summed E-state index contributed by atoms with van der Waals surface area (Å²) in [5, 5.41) is 3.00. The van der Waals surface area contributed by atoms with E-state index in [1.165, 1.54) is 39.3 Å². The van der Waals surface area contributed by atoms with Crippen LogP contribution in [0.15, 0.2) is 0 Å². The fourth-order valence-corrected chi connectivity index (χ4v) is 4.58. The van der Waals surface area contributed by atoms with E-state index < -0.39 is 0 Å². The summed E-state index contributed by atoms with van der Waals surface area (Å²) in [5.41, 5.74) is 0.104. The lowest BCUT2D eigenvalue weighted by atomic mass is 9.80. The summed E-state index contributed by atoms with van der Waals surface area (Å²) in [4.78, 5) is 19.5. The number of hydrogen-bond donors (Lipinski definition) is 1. The molecule has 1 spiro atoms. The molecule has 1 N–H and O–H groups in total. The van der Waals surface area contributed by atoms with Crippen LogP contribution in [0.2, 0.25) is 0 Å². The minimum atomic E-state index is 0.0515. The molecule has 6 nitrogen and oxygen atoms in total. The summed E-state index contributed by atoms with van der Waals surface area (Å²) in [6.07, 6.45) is 3.61. The summed E-state index contributed by atoms with van der Waals surface area (Å²) < 4.78 is 6.22. The molecule has 156 valence electrons.